The van der Waals surface area contributed by atoms with Crippen molar-refractivity contribution in [3.8, 4) is 5.75 Å². The topological polar surface area (TPSA) is 9.23 Å². The molecule has 4 heteroatoms. The number of benzene rings is 2. The molecule has 2 rings (SSSR count). The van der Waals surface area contributed by atoms with Crippen molar-refractivity contribution in [2.45, 2.75) is 19.4 Å². The molecule has 0 aliphatic carbocycles. The number of aryl methyl sites for hydroxylation is 1. The van der Waals surface area contributed by atoms with Gasteiger partial charge in [-0.05, 0) is 36.8 Å². The highest BCUT2D eigenvalue weighted by Crippen LogP contribution is 2.26. The summed E-state index contributed by atoms with van der Waals surface area (Å²) in [5.74, 6) is 1.20. The van der Waals surface area contributed by atoms with Gasteiger partial charge in [0.25, 0.3) is 0 Å². The molecule has 0 atom stereocenters. The average Bonchev–Trinajstić information content (AvgIpc) is 2.39. The van der Waals surface area contributed by atoms with Crippen molar-refractivity contribution in [2.24, 2.45) is 0 Å². The summed E-state index contributed by atoms with van der Waals surface area (Å²) in [5, 5.41) is 0.726. The zero-order valence-corrected chi connectivity index (χ0v) is 13.5. The Kier molecular flexibility index (Phi) is 5.14. The van der Waals surface area contributed by atoms with E-state index in [4.69, 9.17) is 27.9 Å². The molecule has 0 aliphatic heterocycles. The molecule has 0 aliphatic rings. The second-order valence-corrected chi connectivity index (χ2v) is 5.86. The van der Waals surface area contributed by atoms with Crippen LogP contribution in [0.4, 0.5) is 0 Å². The fraction of sp³-hybridized carbons (Fsp3) is 0.200. The maximum atomic E-state index is 6.18. The van der Waals surface area contributed by atoms with Gasteiger partial charge < -0.3 is 4.74 Å². The van der Waals surface area contributed by atoms with Gasteiger partial charge in [-0.15, -0.1) is 11.6 Å². The van der Waals surface area contributed by atoms with E-state index in [1.165, 1.54) is 0 Å². The molecule has 100 valence electrons. The molecular weight excluding hydrogens is 347 g/mol. The summed E-state index contributed by atoms with van der Waals surface area (Å²) < 4.78 is 6.79. The van der Waals surface area contributed by atoms with Gasteiger partial charge in [0, 0.05) is 20.6 Å². The Morgan fingerprint density at radius 1 is 1.11 bits per heavy atom. The summed E-state index contributed by atoms with van der Waals surface area (Å²) in [6, 6.07) is 11.7. The first-order chi connectivity index (χ1) is 9.10. The molecule has 19 heavy (non-hydrogen) atoms. The predicted octanol–water partition coefficient (Wildman–Crippen LogP) is 5.73. The zero-order valence-electron chi connectivity index (χ0n) is 10.4. The number of alkyl halides is 1. The van der Waals surface area contributed by atoms with Gasteiger partial charge in [-0.3, -0.25) is 0 Å². The quantitative estimate of drug-likeness (QED) is 0.633. The van der Waals surface area contributed by atoms with Crippen molar-refractivity contribution in [3.63, 3.8) is 0 Å². The standard InChI is InChI=1S/C15H13BrCl2O/c1-10-2-3-11(14(18)6-10)9-19-15-5-4-13(16)7-12(15)8-17/h2-7H,8-9H2,1H3. The third-order valence-electron chi connectivity index (χ3n) is 2.76. The van der Waals surface area contributed by atoms with E-state index in [0.717, 1.165) is 31.9 Å². The first-order valence-corrected chi connectivity index (χ1v) is 7.53. The molecule has 0 amide bonds. The third-order valence-corrected chi connectivity index (χ3v) is 3.89. The van der Waals surface area contributed by atoms with E-state index < -0.39 is 0 Å². The van der Waals surface area contributed by atoms with Gasteiger partial charge in [-0.25, -0.2) is 0 Å². The van der Waals surface area contributed by atoms with Crippen molar-refractivity contribution < 1.29 is 4.74 Å². The molecule has 0 saturated carbocycles. The van der Waals surface area contributed by atoms with Crippen LogP contribution in [0, 0.1) is 6.92 Å². The highest BCUT2D eigenvalue weighted by atomic mass is 79.9. The van der Waals surface area contributed by atoms with Crippen LogP contribution in [-0.4, -0.2) is 0 Å². The fourth-order valence-corrected chi connectivity index (χ4v) is 2.63. The first-order valence-electron chi connectivity index (χ1n) is 5.82. The van der Waals surface area contributed by atoms with Crippen LogP contribution in [0.1, 0.15) is 16.7 Å². The van der Waals surface area contributed by atoms with Crippen LogP contribution in [0.3, 0.4) is 0 Å². The minimum absolute atomic E-state index is 0.413. The van der Waals surface area contributed by atoms with Gasteiger partial charge in [-0.2, -0.15) is 0 Å². The molecule has 0 unspecified atom stereocenters. The minimum Gasteiger partial charge on any atom is -0.489 e. The summed E-state index contributed by atoms with van der Waals surface area (Å²) in [6.07, 6.45) is 0. The van der Waals surface area contributed by atoms with E-state index in [0.29, 0.717) is 12.5 Å². The van der Waals surface area contributed by atoms with Crippen molar-refractivity contribution >= 4 is 39.1 Å². The van der Waals surface area contributed by atoms with Crippen LogP contribution in [0.5, 0.6) is 5.75 Å². The highest BCUT2D eigenvalue weighted by molar-refractivity contribution is 9.10. The lowest BCUT2D eigenvalue weighted by atomic mass is 10.1. The van der Waals surface area contributed by atoms with E-state index in [9.17, 15) is 0 Å². The summed E-state index contributed by atoms with van der Waals surface area (Å²) in [7, 11) is 0. The van der Waals surface area contributed by atoms with Crippen LogP contribution >= 0.6 is 39.1 Å². The molecule has 0 bridgehead atoms. The molecule has 0 radical (unpaired) electrons. The molecule has 0 heterocycles. The van der Waals surface area contributed by atoms with Gasteiger partial charge >= 0.3 is 0 Å². The van der Waals surface area contributed by atoms with Gasteiger partial charge in [0.2, 0.25) is 0 Å². The molecule has 2 aromatic rings. The molecule has 1 nitrogen and oxygen atoms in total. The van der Waals surface area contributed by atoms with Crippen LogP contribution in [0.15, 0.2) is 40.9 Å². The number of hydrogen-bond donors (Lipinski definition) is 0. The van der Waals surface area contributed by atoms with Crippen molar-refractivity contribution in [2.75, 3.05) is 0 Å². The Bertz CT molecular complexity index is 584. The normalized spacial score (nSPS) is 10.5. The molecule has 0 saturated heterocycles. The van der Waals surface area contributed by atoms with Crippen molar-refractivity contribution in [3.05, 3.63) is 62.6 Å². The Labute approximate surface area is 131 Å². The van der Waals surface area contributed by atoms with E-state index >= 15 is 0 Å². The Balaban J connectivity index is 2.14. The van der Waals surface area contributed by atoms with E-state index in [1.54, 1.807) is 0 Å². The summed E-state index contributed by atoms with van der Waals surface area (Å²) in [6.45, 7) is 2.45. The molecule has 0 fully saturated rings. The second-order valence-electron chi connectivity index (χ2n) is 4.27. The van der Waals surface area contributed by atoms with E-state index in [2.05, 4.69) is 15.9 Å². The van der Waals surface area contributed by atoms with Gasteiger partial charge in [-0.1, -0.05) is 39.7 Å². The Morgan fingerprint density at radius 3 is 2.58 bits per heavy atom. The van der Waals surface area contributed by atoms with E-state index in [1.807, 2.05) is 43.3 Å². The van der Waals surface area contributed by atoms with E-state index in [-0.39, 0.29) is 0 Å². The van der Waals surface area contributed by atoms with Gasteiger partial charge in [0.1, 0.15) is 12.4 Å². The zero-order chi connectivity index (χ0) is 13.8. The van der Waals surface area contributed by atoms with Crippen molar-refractivity contribution in [1.29, 1.82) is 0 Å². The van der Waals surface area contributed by atoms with Crippen LogP contribution in [0.2, 0.25) is 5.02 Å². The average molecular weight is 360 g/mol. The Hall–Kier alpha value is -0.700. The second kappa shape index (κ2) is 6.65. The van der Waals surface area contributed by atoms with Gasteiger partial charge in [0.15, 0.2) is 0 Å². The van der Waals surface area contributed by atoms with Crippen LogP contribution < -0.4 is 4.74 Å². The van der Waals surface area contributed by atoms with Crippen molar-refractivity contribution in [1.82, 2.24) is 0 Å². The molecular formula is C15H13BrCl2O. The third kappa shape index (κ3) is 3.88. The molecule has 0 N–H and O–H groups in total. The minimum atomic E-state index is 0.413. The lowest BCUT2D eigenvalue weighted by Gasteiger charge is -2.11. The smallest absolute Gasteiger partial charge is 0.124 e. The fourth-order valence-electron chi connectivity index (χ4n) is 1.72. The lowest BCUT2D eigenvalue weighted by Crippen LogP contribution is -1.99. The summed E-state index contributed by atoms with van der Waals surface area (Å²) in [5.41, 5.74) is 3.06. The Morgan fingerprint density at radius 2 is 1.89 bits per heavy atom. The maximum absolute atomic E-state index is 6.18. The van der Waals surface area contributed by atoms with Crippen LogP contribution in [0.25, 0.3) is 0 Å². The highest BCUT2D eigenvalue weighted by Gasteiger charge is 2.06. The van der Waals surface area contributed by atoms with Crippen LogP contribution in [-0.2, 0) is 12.5 Å². The number of hydrogen-bond acceptors (Lipinski definition) is 1. The van der Waals surface area contributed by atoms with Gasteiger partial charge in [0.05, 0.1) is 5.88 Å². The predicted molar refractivity (Wildman–Crippen MR) is 84.2 cm³/mol. The maximum Gasteiger partial charge on any atom is 0.124 e. The number of ether oxygens (including phenoxy) is 1. The summed E-state index contributed by atoms with van der Waals surface area (Å²) >= 11 is 15.5. The number of rotatable bonds is 4. The summed E-state index contributed by atoms with van der Waals surface area (Å²) in [4.78, 5) is 0. The molecule has 0 aromatic heterocycles. The molecule has 2 aromatic carbocycles. The SMILES string of the molecule is Cc1ccc(COc2ccc(Br)cc2CCl)c(Cl)c1. The lowest BCUT2D eigenvalue weighted by molar-refractivity contribution is 0.304. The first kappa shape index (κ1) is 14.7. The number of halogens is 3. The largest absolute Gasteiger partial charge is 0.489 e. The monoisotopic (exact) mass is 358 g/mol. The molecule has 0 spiro atoms.